The van der Waals surface area contributed by atoms with Crippen molar-refractivity contribution in [3.63, 3.8) is 0 Å². The molecule has 1 aromatic heterocycles. The molecule has 0 radical (unpaired) electrons. The Morgan fingerprint density at radius 1 is 1.42 bits per heavy atom. The molecule has 4 nitrogen and oxygen atoms in total. The van der Waals surface area contributed by atoms with E-state index in [9.17, 15) is 5.11 Å². The van der Waals surface area contributed by atoms with Gasteiger partial charge in [0.15, 0.2) is 0 Å². The quantitative estimate of drug-likeness (QED) is 0.920. The fourth-order valence-electron chi connectivity index (χ4n) is 1.87. The van der Waals surface area contributed by atoms with Gasteiger partial charge in [-0.05, 0) is 34.5 Å². The molecular formula is C14H17BrN2O2. The van der Waals surface area contributed by atoms with E-state index in [0.717, 1.165) is 27.8 Å². The van der Waals surface area contributed by atoms with Crippen molar-refractivity contribution in [2.24, 2.45) is 7.05 Å². The molecular weight excluding hydrogens is 308 g/mol. The Hall–Kier alpha value is -1.33. The van der Waals surface area contributed by atoms with Gasteiger partial charge in [0, 0.05) is 12.6 Å². The maximum absolute atomic E-state index is 9.32. The maximum Gasteiger partial charge on any atom is 0.139 e. The van der Waals surface area contributed by atoms with Crippen LogP contribution in [0.15, 0.2) is 28.7 Å². The lowest BCUT2D eigenvalue weighted by Gasteiger charge is -2.11. The van der Waals surface area contributed by atoms with Gasteiger partial charge in [-0.2, -0.15) is 5.10 Å². The number of para-hydroxylation sites is 1. The number of aromatic nitrogens is 2. The SMILES string of the molecule is CCc1cc(COc2c(Br)cccc2CO)n(C)n1. The average Bonchev–Trinajstić information content (AvgIpc) is 2.77. The topological polar surface area (TPSA) is 47.3 Å². The Morgan fingerprint density at radius 2 is 2.21 bits per heavy atom. The number of halogens is 1. The number of hydrogen-bond donors (Lipinski definition) is 1. The van der Waals surface area contributed by atoms with Gasteiger partial charge in [-0.15, -0.1) is 0 Å². The molecule has 2 aromatic rings. The summed E-state index contributed by atoms with van der Waals surface area (Å²) in [6.45, 7) is 2.46. The van der Waals surface area contributed by atoms with Crippen LogP contribution < -0.4 is 4.74 Å². The van der Waals surface area contributed by atoms with Crippen LogP contribution in [0.3, 0.4) is 0 Å². The highest BCUT2D eigenvalue weighted by Gasteiger charge is 2.10. The first-order valence-electron chi connectivity index (χ1n) is 6.18. The Kier molecular flexibility index (Phi) is 4.61. The van der Waals surface area contributed by atoms with E-state index in [1.54, 1.807) is 0 Å². The molecule has 0 unspecified atom stereocenters. The van der Waals surface area contributed by atoms with Crippen LogP contribution in [-0.4, -0.2) is 14.9 Å². The van der Waals surface area contributed by atoms with Gasteiger partial charge < -0.3 is 9.84 Å². The van der Waals surface area contributed by atoms with Crippen molar-refractivity contribution in [2.75, 3.05) is 0 Å². The number of hydrogen-bond acceptors (Lipinski definition) is 3. The molecule has 0 spiro atoms. The Balaban J connectivity index is 2.16. The maximum atomic E-state index is 9.32. The Morgan fingerprint density at radius 3 is 2.84 bits per heavy atom. The number of ether oxygens (including phenoxy) is 1. The average molecular weight is 325 g/mol. The molecule has 0 bridgehead atoms. The van der Waals surface area contributed by atoms with E-state index in [2.05, 4.69) is 28.0 Å². The van der Waals surface area contributed by atoms with Crippen LogP contribution in [0, 0.1) is 0 Å². The van der Waals surface area contributed by atoms with Crippen LogP contribution in [0.4, 0.5) is 0 Å². The predicted octanol–water partition coefficient (Wildman–Crippen LogP) is 2.82. The fraction of sp³-hybridized carbons (Fsp3) is 0.357. The van der Waals surface area contributed by atoms with Crippen LogP contribution >= 0.6 is 15.9 Å². The minimum absolute atomic E-state index is 0.0413. The van der Waals surface area contributed by atoms with Crippen molar-refractivity contribution in [1.82, 2.24) is 9.78 Å². The van der Waals surface area contributed by atoms with E-state index in [4.69, 9.17) is 4.74 Å². The molecule has 102 valence electrons. The third-order valence-corrected chi connectivity index (χ3v) is 3.60. The minimum atomic E-state index is -0.0413. The normalized spacial score (nSPS) is 10.7. The molecule has 1 heterocycles. The van der Waals surface area contributed by atoms with E-state index in [1.165, 1.54) is 0 Å². The molecule has 1 aromatic carbocycles. The highest BCUT2D eigenvalue weighted by atomic mass is 79.9. The Labute approximate surface area is 121 Å². The van der Waals surface area contributed by atoms with Gasteiger partial charge in [0.05, 0.1) is 22.5 Å². The summed E-state index contributed by atoms with van der Waals surface area (Å²) in [7, 11) is 1.91. The summed E-state index contributed by atoms with van der Waals surface area (Å²) in [5.74, 6) is 0.684. The second-order valence-electron chi connectivity index (χ2n) is 4.28. The Bertz CT molecular complexity index is 567. The summed E-state index contributed by atoms with van der Waals surface area (Å²) >= 11 is 3.44. The first-order valence-corrected chi connectivity index (χ1v) is 6.97. The van der Waals surface area contributed by atoms with Crippen molar-refractivity contribution < 1.29 is 9.84 Å². The molecule has 19 heavy (non-hydrogen) atoms. The van der Waals surface area contributed by atoms with Crippen LogP contribution in [0.1, 0.15) is 23.9 Å². The van der Waals surface area contributed by atoms with Gasteiger partial charge in [0.2, 0.25) is 0 Å². The number of rotatable bonds is 5. The predicted molar refractivity (Wildman–Crippen MR) is 77.0 cm³/mol. The minimum Gasteiger partial charge on any atom is -0.486 e. The number of aliphatic hydroxyl groups is 1. The molecule has 0 saturated heterocycles. The summed E-state index contributed by atoms with van der Waals surface area (Å²) in [6, 6.07) is 7.66. The van der Waals surface area contributed by atoms with Crippen LogP contribution in [0.25, 0.3) is 0 Å². The van der Waals surface area contributed by atoms with Gasteiger partial charge in [-0.25, -0.2) is 0 Å². The molecule has 0 aliphatic carbocycles. The highest BCUT2D eigenvalue weighted by molar-refractivity contribution is 9.10. The summed E-state index contributed by atoms with van der Waals surface area (Å²) in [4.78, 5) is 0. The number of aliphatic hydroxyl groups excluding tert-OH is 1. The third kappa shape index (κ3) is 3.16. The zero-order chi connectivity index (χ0) is 13.8. The number of nitrogens with zero attached hydrogens (tertiary/aromatic N) is 2. The van der Waals surface area contributed by atoms with Gasteiger partial charge in [-0.3, -0.25) is 4.68 Å². The summed E-state index contributed by atoms with van der Waals surface area (Å²) < 4.78 is 8.49. The molecule has 1 N–H and O–H groups in total. The zero-order valence-corrected chi connectivity index (χ0v) is 12.6. The lowest BCUT2D eigenvalue weighted by molar-refractivity contribution is 0.254. The molecule has 5 heteroatoms. The fourth-order valence-corrected chi connectivity index (χ4v) is 2.39. The smallest absolute Gasteiger partial charge is 0.139 e. The van der Waals surface area contributed by atoms with Crippen LogP contribution in [-0.2, 0) is 26.7 Å². The van der Waals surface area contributed by atoms with Crippen LogP contribution in [0.2, 0.25) is 0 Å². The summed E-state index contributed by atoms with van der Waals surface area (Å²) in [6.07, 6.45) is 0.908. The lowest BCUT2D eigenvalue weighted by Crippen LogP contribution is -2.04. The third-order valence-electron chi connectivity index (χ3n) is 2.97. The van der Waals surface area contributed by atoms with Crippen molar-refractivity contribution in [3.8, 4) is 5.75 Å². The van der Waals surface area contributed by atoms with E-state index >= 15 is 0 Å². The molecule has 2 rings (SSSR count). The highest BCUT2D eigenvalue weighted by Crippen LogP contribution is 2.29. The largest absolute Gasteiger partial charge is 0.486 e. The van der Waals surface area contributed by atoms with E-state index in [0.29, 0.717) is 12.4 Å². The second kappa shape index (κ2) is 6.21. The van der Waals surface area contributed by atoms with E-state index in [-0.39, 0.29) is 6.61 Å². The van der Waals surface area contributed by atoms with E-state index in [1.807, 2.05) is 36.0 Å². The van der Waals surface area contributed by atoms with Crippen LogP contribution in [0.5, 0.6) is 5.75 Å². The first kappa shape index (κ1) is 14.1. The molecule has 0 saturated carbocycles. The molecule has 0 atom stereocenters. The zero-order valence-electron chi connectivity index (χ0n) is 11.1. The van der Waals surface area contributed by atoms with Crippen molar-refractivity contribution in [2.45, 2.75) is 26.6 Å². The monoisotopic (exact) mass is 324 g/mol. The van der Waals surface area contributed by atoms with Gasteiger partial charge in [0.25, 0.3) is 0 Å². The van der Waals surface area contributed by atoms with Gasteiger partial charge in [0.1, 0.15) is 12.4 Å². The standard InChI is InChI=1S/C14H17BrN2O2/c1-3-11-7-12(17(2)16-11)9-19-14-10(8-18)5-4-6-13(14)15/h4-7,18H,3,8-9H2,1-2H3. The molecule has 0 amide bonds. The molecule has 0 aliphatic rings. The summed E-state index contributed by atoms with van der Waals surface area (Å²) in [5, 5.41) is 13.7. The first-order chi connectivity index (χ1) is 9.15. The lowest BCUT2D eigenvalue weighted by atomic mass is 10.2. The molecule has 0 aliphatic heterocycles. The van der Waals surface area contributed by atoms with E-state index < -0.39 is 0 Å². The van der Waals surface area contributed by atoms with Crippen molar-refractivity contribution >= 4 is 15.9 Å². The number of benzene rings is 1. The van der Waals surface area contributed by atoms with Crippen molar-refractivity contribution in [1.29, 1.82) is 0 Å². The number of aryl methyl sites for hydroxylation is 2. The summed E-state index contributed by atoms with van der Waals surface area (Å²) in [5.41, 5.74) is 2.83. The second-order valence-corrected chi connectivity index (χ2v) is 5.13. The van der Waals surface area contributed by atoms with Crippen molar-refractivity contribution in [3.05, 3.63) is 45.7 Å². The van der Waals surface area contributed by atoms with Gasteiger partial charge in [-0.1, -0.05) is 19.1 Å². The van der Waals surface area contributed by atoms with Gasteiger partial charge >= 0.3 is 0 Å². The molecule has 0 fully saturated rings.